The third-order valence-electron chi connectivity index (χ3n) is 4.28. The molecule has 0 radical (unpaired) electrons. The van der Waals surface area contributed by atoms with E-state index in [9.17, 15) is 26.7 Å². The number of carbonyl (C=O) groups is 1. The number of ether oxygens (including phenoxy) is 2. The Hall–Kier alpha value is -4.65. The third-order valence-corrected chi connectivity index (χ3v) is 4.28. The summed E-state index contributed by atoms with van der Waals surface area (Å²) in [6, 6.07) is 8.81. The van der Waals surface area contributed by atoms with Crippen molar-refractivity contribution in [3.05, 3.63) is 65.7 Å². The molecule has 3 heterocycles. The molecule has 1 aromatic carbocycles. The number of fused-ring (bicyclic) bond motifs is 1. The molecule has 1 amide bonds. The van der Waals surface area contributed by atoms with Crippen molar-refractivity contribution in [2.75, 3.05) is 6.54 Å². The van der Waals surface area contributed by atoms with E-state index in [-0.39, 0.29) is 18.0 Å². The fourth-order valence-corrected chi connectivity index (χ4v) is 2.90. The molecule has 1 aliphatic rings. The first kappa shape index (κ1) is 24.0. The van der Waals surface area contributed by atoms with Crippen LogP contribution in [0.4, 0.5) is 22.0 Å². The lowest BCUT2D eigenvalue weighted by atomic mass is 10.0. The third kappa shape index (κ3) is 5.21. The number of amides is 1. The maximum atomic E-state index is 13.0. The maximum Gasteiger partial charge on any atom is 0.586 e. The summed E-state index contributed by atoms with van der Waals surface area (Å²) in [5.41, 5.74) is -0.427. The zero-order valence-corrected chi connectivity index (χ0v) is 16.8. The summed E-state index contributed by atoms with van der Waals surface area (Å²) in [6.45, 7) is -0.356. The molecule has 2 N–H and O–H groups in total. The van der Waals surface area contributed by atoms with Crippen LogP contribution in [0.3, 0.4) is 0 Å². The molecule has 0 unspecified atom stereocenters. The fraction of sp³-hybridized carbons (Fsp3) is 0.143. The quantitative estimate of drug-likeness (QED) is 0.430. The number of hydrogen-bond donors (Lipinski definition) is 2. The van der Waals surface area contributed by atoms with Crippen LogP contribution in [0.15, 0.2) is 49.1 Å². The molecule has 4 rings (SSSR count). The van der Waals surface area contributed by atoms with Gasteiger partial charge in [-0.3, -0.25) is 9.78 Å². The second-order valence-electron chi connectivity index (χ2n) is 6.45. The highest BCUT2D eigenvalue weighted by Crippen LogP contribution is 2.47. The normalized spacial score (nSPS) is 13.1. The zero-order valence-electron chi connectivity index (χ0n) is 16.8. The molecule has 0 bridgehead atoms. The number of aromatic amines is 1. The molecule has 0 saturated heterocycles. The predicted octanol–water partition coefficient (Wildman–Crippen LogP) is 4.23. The fourth-order valence-electron chi connectivity index (χ4n) is 2.90. The Morgan fingerprint density at radius 1 is 1.15 bits per heavy atom. The maximum absolute atomic E-state index is 13.0. The molecule has 3 aromatic rings. The van der Waals surface area contributed by atoms with Crippen LogP contribution in [-0.2, 0) is 6.18 Å². The van der Waals surface area contributed by atoms with E-state index in [1.54, 1.807) is 24.4 Å². The number of alkyl halides is 5. The van der Waals surface area contributed by atoms with E-state index in [1.165, 1.54) is 12.3 Å². The van der Waals surface area contributed by atoms with Gasteiger partial charge in [0.15, 0.2) is 11.5 Å². The van der Waals surface area contributed by atoms with Crippen LogP contribution < -0.4 is 14.8 Å². The molecule has 0 atom stereocenters. The summed E-state index contributed by atoms with van der Waals surface area (Å²) >= 11 is 0. The lowest BCUT2D eigenvalue weighted by molar-refractivity contribution is -0.286. The van der Waals surface area contributed by atoms with Gasteiger partial charge in [0.25, 0.3) is 5.91 Å². The minimum absolute atomic E-state index is 0.0393. The van der Waals surface area contributed by atoms with Gasteiger partial charge < -0.3 is 19.8 Å². The van der Waals surface area contributed by atoms with E-state index in [2.05, 4.69) is 19.4 Å². The number of hydrogen-bond acceptors (Lipinski definition) is 6. The van der Waals surface area contributed by atoms with Gasteiger partial charge in [0.1, 0.15) is 12.6 Å². The van der Waals surface area contributed by atoms with Crippen molar-refractivity contribution < 1.29 is 36.2 Å². The lowest BCUT2D eigenvalue weighted by Gasteiger charge is -2.10. The van der Waals surface area contributed by atoms with Crippen LogP contribution in [-0.4, -0.2) is 28.7 Å². The molecule has 34 heavy (non-hydrogen) atoms. The van der Waals surface area contributed by atoms with Gasteiger partial charge in [0, 0.05) is 35.9 Å². The summed E-state index contributed by atoms with van der Waals surface area (Å²) in [5, 5.41) is 19.1. The summed E-state index contributed by atoms with van der Waals surface area (Å²) in [6.07, 6.45) is -3.49. The number of nitrogens with zero attached hydrogens (tertiary/aromatic N) is 3. The highest BCUT2D eigenvalue weighted by atomic mass is 19.4. The Kier molecular flexibility index (Phi) is 6.68. The Balaban J connectivity index is 0.000000192. The summed E-state index contributed by atoms with van der Waals surface area (Å²) in [7, 11) is 0. The Morgan fingerprint density at radius 3 is 2.59 bits per heavy atom. The van der Waals surface area contributed by atoms with Crippen molar-refractivity contribution in [1.29, 1.82) is 10.5 Å². The van der Waals surface area contributed by atoms with Gasteiger partial charge in [0.05, 0.1) is 22.8 Å². The van der Waals surface area contributed by atoms with E-state index in [0.717, 1.165) is 12.4 Å². The number of aromatic nitrogens is 2. The van der Waals surface area contributed by atoms with Gasteiger partial charge in [-0.1, -0.05) is 12.1 Å². The van der Waals surface area contributed by atoms with Crippen LogP contribution in [0.1, 0.15) is 21.5 Å². The van der Waals surface area contributed by atoms with Crippen LogP contribution in [0, 0.1) is 22.7 Å². The number of carbonyl (C=O) groups excluding carboxylic acids is 1. The molecule has 1 aliphatic heterocycles. The van der Waals surface area contributed by atoms with Crippen molar-refractivity contribution in [3.63, 3.8) is 0 Å². The minimum Gasteiger partial charge on any atom is -0.395 e. The smallest absolute Gasteiger partial charge is 0.395 e. The Bertz CT molecular complexity index is 1290. The van der Waals surface area contributed by atoms with E-state index in [0.29, 0.717) is 22.8 Å². The van der Waals surface area contributed by atoms with E-state index in [4.69, 9.17) is 10.5 Å². The molecule has 0 spiro atoms. The van der Waals surface area contributed by atoms with Crippen molar-refractivity contribution in [2.45, 2.75) is 12.5 Å². The first-order valence-corrected chi connectivity index (χ1v) is 9.20. The molecule has 0 saturated carbocycles. The number of para-hydroxylation sites is 1. The monoisotopic (exact) mass is 477 g/mol. The first-order valence-electron chi connectivity index (χ1n) is 9.20. The first-order chi connectivity index (χ1) is 16.1. The average molecular weight is 477 g/mol. The lowest BCUT2D eigenvalue weighted by Crippen LogP contribution is -2.26. The highest BCUT2D eigenvalue weighted by Gasteiger charge is 2.44. The largest absolute Gasteiger partial charge is 0.586 e. The molecule has 8 nitrogen and oxygen atoms in total. The van der Waals surface area contributed by atoms with E-state index in [1.807, 2.05) is 11.4 Å². The highest BCUT2D eigenvalue weighted by molar-refractivity contribution is 5.95. The van der Waals surface area contributed by atoms with Crippen LogP contribution >= 0.6 is 0 Å². The predicted molar refractivity (Wildman–Crippen MR) is 104 cm³/mol. The SMILES string of the molecule is N#CCNC(=O)c1cnccc1C(F)(F)F.N#Cc1c[nH]cc1-c1cccc2c1OC(F)(F)O2. The Morgan fingerprint density at radius 2 is 1.91 bits per heavy atom. The van der Waals surface area contributed by atoms with Gasteiger partial charge in [-0.25, -0.2) is 0 Å². The second kappa shape index (κ2) is 9.46. The summed E-state index contributed by atoms with van der Waals surface area (Å²) in [5.74, 6) is -1.07. The molecule has 2 aromatic heterocycles. The summed E-state index contributed by atoms with van der Waals surface area (Å²) in [4.78, 5) is 17.5. The molecule has 13 heteroatoms. The number of benzene rings is 1. The number of H-pyrrole nitrogens is 1. The van der Waals surface area contributed by atoms with Gasteiger partial charge >= 0.3 is 12.5 Å². The number of halogens is 5. The van der Waals surface area contributed by atoms with Crippen LogP contribution in [0.2, 0.25) is 0 Å². The van der Waals surface area contributed by atoms with Gasteiger partial charge in [-0.2, -0.15) is 23.7 Å². The summed E-state index contributed by atoms with van der Waals surface area (Å²) < 4.78 is 72.2. The number of nitrogens with one attached hydrogen (secondary N) is 2. The van der Waals surface area contributed by atoms with E-state index >= 15 is 0 Å². The van der Waals surface area contributed by atoms with Crippen molar-refractivity contribution in [3.8, 4) is 34.8 Å². The van der Waals surface area contributed by atoms with Crippen LogP contribution in [0.5, 0.6) is 11.5 Å². The number of rotatable bonds is 3. The van der Waals surface area contributed by atoms with Gasteiger partial charge in [0.2, 0.25) is 0 Å². The number of nitriles is 2. The van der Waals surface area contributed by atoms with Gasteiger partial charge in [-0.15, -0.1) is 8.78 Å². The standard InChI is InChI=1S/C12H6F2N2O2.C9H6F3N3O/c13-12(14)17-10-3-1-2-8(11(10)18-12)9-6-16-5-7(9)4-15;10-9(11,12)7-1-3-14-5-6(7)8(16)15-4-2-13/h1-3,5-6,16H;1,3,5H,4H2,(H,15,16). The Labute approximate surface area is 188 Å². The van der Waals surface area contributed by atoms with Crippen LogP contribution in [0.25, 0.3) is 11.1 Å². The van der Waals surface area contributed by atoms with E-state index < -0.39 is 29.5 Å². The molecular weight excluding hydrogens is 465 g/mol. The second-order valence-corrected chi connectivity index (χ2v) is 6.45. The molecule has 174 valence electrons. The zero-order chi connectivity index (χ0) is 24.9. The molecule has 0 fully saturated rings. The van der Waals surface area contributed by atoms with Crippen molar-refractivity contribution in [1.82, 2.24) is 15.3 Å². The van der Waals surface area contributed by atoms with Crippen molar-refractivity contribution in [2.24, 2.45) is 0 Å². The minimum atomic E-state index is -4.62. The van der Waals surface area contributed by atoms with Gasteiger partial charge in [-0.05, 0) is 12.1 Å². The topological polar surface area (TPSA) is 124 Å². The van der Waals surface area contributed by atoms with Crippen molar-refractivity contribution >= 4 is 5.91 Å². The molecule has 0 aliphatic carbocycles. The molecular formula is C21H12F5N5O3. The average Bonchev–Trinajstić information content (AvgIpc) is 3.39. The number of pyridine rings is 1.